The molecule has 0 aromatic heterocycles. The Bertz CT molecular complexity index is 214. The van der Waals surface area contributed by atoms with Gasteiger partial charge in [0.2, 0.25) is 0 Å². The first-order chi connectivity index (χ1) is 8.04. The van der Waals surface area contributed by atoms with Gasteiger partial charge in [-0.05, 0) is 18.7 Å². The minimum Gasteiger partial charge on any atom is -0.301 e. The largest absolute Gasteiger partial charge is 0.301 e. The van der Waals surface area contributed by atoms with Crippen LogP contribution < -0.4 is 0 Å². The summed E-state index contributed by atoms with van der Waals surface area (Å²) in [6.45, 7) is 14.4. The van der Waals surface area contributed by atoms with Crippen molar-refractivity contribution in [3.05, 3.63) is 10.4 Å². The molecule has 0 saturated heterocycles. The van der Waals surface area contributed by atoms with Crippen LogP contribution in [0.1, 0.15) is 12.8 Å². The van der Waals surface area contributed by atoms with Gasteiger partial charge in [0.1, 0.15) is 0 Å². The molecule has 0 atom stereocenters. The van der Waals surface area contributed by atoms with Crippen LogP contribution >= 0.6 is 0 Å². The fraction of sp³-hybridized carbons (Fsp3) is 0.909. The van der Waals surface area contributed by atoms with Crippen molar-refractivity contribution in [1.29, 1.82) is 0 Å². The highest BCUT2D eigenvalue weighted by molar-refractivity contribution is 6.55. The maximum Gasteiger partial charge on any atom is 0.0379 e. The molecule has 0 saturated carbocycles. The molecule has 0 unspecified atom stereocenters. The summed E-state index contributed by atoms with van der Waals surface area (Å²) < 4.78 is 0. The zero-order valence-electron chi connectivity index (χ0n) is 11.9. The summed E-state index contributed by atoms with van der Waals surface area (Å²) >= 11 is 0. The van der Waals surface area contributed by atoms with E-state index < -0.39 is 8.80 Å². The Hall–Kier alpha value is -0.586. The highest BCUT2D eigenvalue weighted by Gasteiger charge is 1.92. The molecule has 0 aliphatic heterocycles. The van der Waals surface area contributed by atoms with Crippen LogP contribution in [0.4, 0.5) is 0 Å². The van der Waals surface area contributed by atoms with Crippen molar-refractivity contribution in [2.75, 3.05) is 13.1 Å². The van der Waals surface area contributed by atoms with E-state index in [0.717, 1.165) is 13.0 Å². The molecule has 0 aliphatic rings. The van der Waals surface area contributed by atoms with Gasteiger partial charge in [0.05, 0.1) is 0 Å². The molecule has 100 valence electrons. The molecular formula is C11H28N4Si2. The average Bonchev–Trinajstić information content (AvgIpc) is 2.25. The summed E-state index contributed by atoms with van der Waals surface area (Å²) in [6, 6.07) is 2.71. The molecule has 6 heteroatoms. The van der Waals surface area contributed by atoms with Gasteiger partial charge < -0.3 is 4.99 Å². The summed E-state index contributed by atoms with van der Waals surface area (Å²) in [5.41, 5.74) is 7.90. The Kier molecular flexibility index (Phi) is 17.0. The second-order valence-electron chi connectivity index (χ2n) is 4.97. The second-order valence-corrected chi connectivity index (χ2v) is 11.7. The van der Waals surface area contributed by atoms with Crippen LogP contribution in [0.2, 0.25) is 38.3 Å². The molecule has 0 amide bonds. The molecular weight excluding hydrogens is 244 g/mol. The molecule has 0 aromatic rings. The van der Waals surface area contributed by atoms with E-state index in [4.69, 9.17) is 5.53 Å². The minimum absolute atomic E-state index is 0.290. The van der Waals surface area contributed by atoms with Gasteiger partial charge in [0, 0.05) is 35.6 Å². The van der Waals surface area contributed by atoms with Gasteiger partial charge in [-0.15, -0.1) is 0 Å². The Labute approximate surface area is 109 Å². The highest BCUT2D eigenvalue weighted by atomic mass is 28.3. The predicted octanol–water partition coefficient (Wildman–Crippen LogP) is 3.74. The van der Waals surface area contributed by atoms with Crippen molar-refractivity contribution < 1.29 is 0 Å². The van der Waals surface area contributed by atoms with E-state index in [9.17, 15) is 0 Å². The van der Waals surface area contributed by atoms with E-state index in [-0.39, 0.29) is 8.80 Å². The number of hydrogen-bond donors (Lipinski definition) is 0. The Balaban J connectivity index is 0. The van der Waals surface area contributed by atoms with Gasteiger partial charge in [-0.1, -0.05) is 49.8 Å². The maximum absolute atomic E-state index is 7.90. The predicted molar refractivity (Wildman–Crippen MR) is 85.0 cm³/mol. The van der Waals surface area contributed by atoms with Crippen molar-refractivity contribution >= 4 is 24.3 Å². The van der Waals surface area contributed by atoms with Crippen LogP contribution in [0, 0.1) is 0 Å². The summed E-state index contributed by atoms with van der Waals surface area (Å²) in [4.78, 5) is 6.45. The van der Waals surface area contributed by atoms with Gasteiger partial charge in [0.15, 0.2) is 0 Å². The Morgan fingerprint density at radius 2 is 1.47 bits per heavy atom. The fourth-order valence-corrected chi connectivity index (χ4v) is 3.22. The Morgan fingerprint density at radius 1 is 1.00 bits per heavy atom. The lowest BCUT2D eigenvalue weighted by Gasteiger charge is -1.97. The Morgan fingerprint density at radius 3 is 1.82 bits per heavy atom. The van der Waals surface area contributed by atoms with Crippen molar-refractivity contribution in [3.63, 3.8) is 0 Å². The summed E-state index contributed by atoms with van der Waals surface area (Å²) in [5, 5.41) is 3.45. The first-order valence-electron chi connectivity index (χ1n) is 6.47. The van der Waals surface area contributed by atoms with E-state index in [1.807, 2.05) is 0 Å². The molecule has 0 heterocycles. The SMILES string of the molecule is C=NCCC[SiH](C)C.C[SiH](C)CCCN=[N+]=[N-]. The van der Waals surface area contributed by atoms with Crippen LogP contribution in [-0.2, 0) is 0 Å². The standard InChI is InChI=1S/C6H15NSi.C5H13N3Si/c1-7-5-4-6-8(2)3;1-9(2)5-3-4-7-8-6/h8H,1,4-6H2,2-3H3;9H,3-5H2,1-2H3. The molecule has 17 heavy (non-hydrogen) atoms. The van der Waals surface area contributed by atoms with Gasteiger partial charge in [-0.25, -0.2) is 0 Å². The number of nitrogens with zero attached hydrogens (tertiary/aromatic N) is 4. The minimum atomic E-state index is -0.396. The van der Waals surface area contributed by atoms with Crippen LogP contribution in [0.5, 0.6) is 0 Å². The molecule has 0 fully saturated rings. The van der Waals surface area contributed by atoms with Crippen LogP contribution in [0.3, 0.4) is 0 Å². The lowest BCUT2D eigenvalue weighted by atomic mass is 10.5. The van der Waals surface area contributed by atoms with Gasteiger partial charge >= 0.3 is 0 Å². The third-order valence-corrected chi connectivity index (χ3v) is 5.33. The van der Waals surface area contributed by atoms with E-state index in [1.54, 1.807) is 0 Å². The summed E-state index contributed by atoms with van der Waals surface area (Å²) in [5.74, 6) is 0. The van der Waals surface area contributed by atoms with Crippen LogP contribution in [0.15, 0.2) is 10.1 Å². The smallest absolute Gasteiger partial charge is 0.0379 e. The van der Waals surface area contributed by atoms with E-state index in [2.05, 4.69) is 47.9 Å². The summed E-state index contributed by atoms with van der Waals surface area (Å²) in [6.07, 6.45) is 2.33. The van der Waals surface area contributed by atoms with E-state index in [0.29, 0.717) is 6.54 Å². The third-order valence-electron chi connectivity index (χ3n) is 2.20. The molecule has 0 aromatic carbocycles. The number of azide groups is 1. The quantitative estimate of drug-likeness (QED) is 0.161. The molecule has 0 spiro atoms. The summed E-state index contributed by atoms with van der Waals surface area (Å²) in [7, 11) is -0.686. The lowest BCUT2D eigenvalue weighted by Crippen LogP contribution is -1.98. The first-order valence-corrected chi connectivity index (χ1v) is 12.7. The fourth-order valence-electron chi connectivity index (χ4n) is 1.23. The van der Waals surface area contributed by atoms with Crippen molar-refractivity contribution in [1.82, 2.24) is 0 Å². The highest BCUT2D eigenvalue weighted by Crippen LogP contribution is 1.96. The molecule has 4 nitrogen and oxygen atoms in total. The maximum atomic E-state index is 7.90. The molecule has 0 rings (SSSR count). The number of rotatable bonds is 8. The number of hydrogen-bond acceptors (Lipinski definition) is 2. The molecule has 0 N–H and O–H groups in total. The zero-order chi connectivity index (χ0) is 13.5. The van der Waals surface area contributed by atoms with E-state index in [1.165, 1.54) is 18.5 Å². The van der Waals surface area contributed by atoms with Gasteiger partial charge in [-0.3, -0.25) is 0 Å². The van der Waals surface area contributed by atoms with Crippen molar-refractivity contribution in [2.24, 2.45) is 10.1 Å². The lowest BCUT2D eigenvalue weighted by molar-refractivity contribution is 0.910. The molecule has 0 bridgehead atoms. The van der Waals surface area contributed by atoms with E-state index >= 15 is 0 Å². The van der Waals surface area contributed by atoms with Gasteiger partial charge in [-0.2, -0.15) is 0 Å². The van der Waals surface area contributed by atoms with Crippen molar-refractivity contribution in [3.8, 4) is 0 Å². The third kappa shape index (κ3) is 25.6. The first kappa shape index (κ1) is 18.8. The second kappa shape index (κ2) is 15.4. The number of aliphatic imine (C=N–C) groups is 1. The normalized spacial score (nSPS) is 9.53. The van der Waals surface area contributed by atoms with Gasteiger partial charge in [0.25, 0.3) is 0 Å². The average molecular weight is 273 g/mol. The van der Waals surface area contributed by atoms with Crippen LogP contribution in [0.25, 0.3) is 10.4 Å². The molecule has 0 radical (unpaired) electrons. The zero-order valence-corrected chi connectivity index (χ0v) is 14.2. The van der Waals surface area contributed by atoms with Crippen molar-refractivity contribution in [2.45, 2.75) is 51.1 Å². The topological polar surface area (TPSA) is 61.1 Å². The monoisotopic (exact) mass is 272 g/mol. The molecule has 0 aliphatic carbocycles. The van der Waals surface area contributed by atoms with Crippen LogP contribution in [-0.4, -0.2) is 37.4 Å².